The Morgan fingerprint density at radius 3 is 2.12 bits per heavy atom. The zero-order valence-corrected chi connectivity index (χ0v) is 16.9. The molecule has 0 saturated heterocycles. The van der Waals surface area contributed by atoms with E-state index >= 15 is 0 Å². The van der Waals surface area contributed by atoms with Crippen molar-refractivity contribution in [3.8, 4) is 0 Å². The van der Waals surface area contributed by atoms with Crippen molar-refractivity contribution in [3.63, 3.8) is 0 Å². The predicted molar refractivity (Wildman–Crippen MR) is 106 cm³/mol. The second-order valence-electron chi connectivity index (χ2n) is 5.53. The number of rotatable bonds is 15. The van der Waals surface area contributed by atoms with E-state index in [-0.39, 0.29) is 0 Å². The molecule has 0 fully saturated rings. The Balaban J connectivity index is 2.14. The van der Waals surface area contributed by atoms with E-state index in [1.165, 1.54) is 5.56 Å². The predicted octanol–water partition coefficient (Wildman–Crippen LogP) is 3.28. The lowest BCUT2D eigenvalue weighted by Gasteiger charge is -2.28. The third-order valence-electron chi connectivity index (χ3n) is 3.57. The third-order valence-corrected chi connectivity index (χ3v) is 6.72. The Labute approximate surface area is 154 Å². The van der Waals surface area contributed by atoms with E-state index in [2.05, 4.69) is 28.8 Å². The standard InChI is InChI=1S/C19H34N2O3Si/c1-4-22-25(23-5-2,24-6-3)18-10-14-20-16-17-21-15-13-19-11-8-7-9-12-19/h7-9,11-13,15,20-21H,4-6,10,14,16-18H2,1-3H3. The number of nitrogens with one attached hydrogen (secondary N) is 2. The van der Waals surface area contributed by atoms with Crippen LogP contribution in [0.25, 0.3) is 6.08 Å². The smallest absolute Gasteiger partial charge is 0.390 e. The number of hydrogen-bond acceptors (Lipinski definition) is 5. The van der Waals surface area contributed by atoms with Gasteiger partial charge in [-0.3, -0.25) is 0 Å². The maximum atomic E-state index is 5.86. The molecule has 2 N–H and O–H groups in total. The SMILES string of the molecule is CCO[Si](CCCNCCNC=Cc1ccccc1)(OCC)OCC. The lowest BCUT2D eigenvalue weighted by atomic mass is 10.2. The Morgan fingerprint density at radius 1 is 0.880 bits per heavy atom. The average molecular weight is 367 g/mol. The summed E-state index contributed by atoms with van der Waals surface area (Å²) in [5.74, 6) is 0. The minimum atomic E-state index is -2.48. The van der Waals surface area contributed by atoms with Gasteiger partial charge < -0.3 is 23.9 Å². The van der Waals surface area contributed by atoms with Crippen LogP contribution in [0.3, 0.4) is 0 Å². The first-order valence-electron chi connectivity index (χ1n) is 9.34. The van der Waals surface area contributed by atoms with Crippen LogP contribution >= 0.6 is 0 Å². The summed E-state index contributed by atoms with van der Waals surface area (Å²) in [6.45, 7) is 10.6. The van der Waals surface area contributed by atoms with Crippen molar-refractivity contribution in [3.05, 3.63) is 42.1 Å². The monoisotopic (exact) mass is 366 g/mol. The molecule has 0 aliphatic rings. The van der Waals surface area contributed by atoms with Crippen molar-refractivity contribution in [2.45, 2.75) is 33.2 Å². The summed E-state index contributed by atoms with van der Waals surface area (Å²) < 4.78 is 17.6. The summed E-state index contributed by atoms with van der Waals surface area (Å²) >= 11 is 0. The van der Waals surface area contributed by atoms with Crippen LogP contribution in [0.4, 0.5) is 0 Å². The molecule has 0 bridgehead atoms. The second-order valence-corrected chi connectivity index (χ2v) is 8.27. The zero-order chi connectivity index (χ0) is 18.2. The molecule has 5 nitrogen and oxygen atoms in total. The number of benzene rings is 1. The summed E-state index contributed by atoms with van der Waals surface area (Å²) in [7, 11) is -2.48. The summed E-state index contributed by atoms with van der Waals surface area (Å²) in [4.78, 5) is 0. The molecule has 1 aromatic carbocycles. The summed E-state index contributed by atoms with van der Waals surface area (Å²) in [5, 5.41) is 6.74. The van der Waals surface area contributed by atoms with E-state index in [1.54, 1.807) is 0 Å². The van der Waals surface area contributed by atoms with E-state index in [0.29, 0.717) is 19.8 Å². The molecule has 0 saturated carbocycles. The maximum absolute atomic E-state index is 5.86. The van der Waals surface area contributed by atoms with Gasteiger partial charge in [0.25, 0.3) is 0 Å². The van der Waals surface area contributed by atoms with Crippen LogP contribution in [0.2, 0.25) is 6.04 Å². The Bertz CT molecular complexity index is 440. The third kappa shape index (κ3) is 9.77. The molecule has 25 heavy (non-hydrogen) atoms. The Morgan fingerprint density at radius 2 is 1.52 bits per heavy atom. The van der Waals surface area contributed by atoms with Gasteiger partial charge in [0.1, 0.15) is 0 Å². The lowest BCUT2D eigenvalue weighted by molar-refractivity contribution is 0.0708. The molecular formula is C19H34N2O3Si. The van der Waals surface area contributed by atoms with Gasteiger partial charge in [0, 0.05) is 39.0 Å². The van der Waals surface area contributed by atoms with Gasteiger partial charge >= 0.3 is 8.80 Å². The molecule has 142 valence electrons. The fourth-order valence-corrected chi connectivity index (χ4v) is 5.13. The number of hydrogen-bond donors (Lipinski definition) is 2. The normalized spacial score (nSPS) is 12.0. The van der Waals surface area contributed by atoms with Crippen LogP contribution < -0.4 is 10.6 Å². The summed E-state index contributed by atoms with van der Waals surface area (Å²) in [5.41, 5.74) is 1.20. The van der Waals surface area contributed by atoms with Gasteiger partial charge in [-0.05, 0) is 51.6 Å². The molecule has 0 aliphatic heterocycles. The Kier molecular flexibility index (Phi) is 12.3. The highest BCUT2D eigenvalue weighted by atomic mass is 28.4. The molecule has 0 atom stereocenters. The van der Waals surface area contributed by atoms with Crippen molar-refractivity contribution in [1.29, 1.82) is 0 Å². The van der Waals surface area contributed by atoms with Gasteiger partial charge in [-0.25, -0.2) is 0 Å². The van der Waals surface area contributed by atoms with Crippen molar-refractivity contribution >= 4 is 14.9 Å². The van der Waals surface area contributed by atoms with Crippen LogP contribution in [-0.4, -0.2) is 48.3 Å². The highest BCUT2D eigenvalue weighted by molar-refractivity contribution is 6.60. The van der Waals surface area contributed by atoms with Gasteiger partial charge in [-0.1, -0.05) is 30.3 Å². The molecule has 0 unspecified atom stereocenters. The average Bonchev–Trinajstić information content (AvgIpc) is 2.62. The van der Waals surface area contributed by atoms with Crippen LogP contribution in [-0.2, 0) is 13.3 Å². The molecule has 1 rings (SSSR count). The minimum absolute atomic E-state index is 0.636. The molecular weight excluding hydrogens is 332 g/mol. The van der Waals surface area contributed by atoms with Crippen molar-refractivity contribution in [2.24, 2.45) is 0 Å². The van der Waals surface area contributed by atoms with E-state index in [9.17, 15) is 0 Å². The summed E-state index contributed by atoms with van der Waals surface area (Å²) in [6.07, 6.45) is 5.06. The van der Waals surface area contributed by atoms with Gasteiger partial charge in [-0.15, -0.1) is 0 Å². The molecule has 1 aromatic rings. The second kappa shape index (κ2) is 14.0. The van der Waals surface area contributed by atoms with Crippen molar-refractivity contribution in [2.75, 3.05) is 39.5 Å². The van der Waals surface area contributed by atoms with E-state index < -0.39 is 8.80 Å². The quantitative estimate of drug-likeness (QED) is 0.368. The molecule has 0 heterocycles. The fourth-order valence-electron chi connectivity index (χ4n) is 2.52. The lowest BCUT2D eigenvalue weighted by Crippen LogP contribution is -2.46. The van der Waals surface area contributed by atoms with E-state index in [0.717, 1.165) is 32.1 Å². The fraction of sp³-hybridized carbons (Fsp3) is 0.579. The first-order valence-corrected chi connectivity index (χ1v) is 11.3. The highest BCUT2D eigenvalue weighted by Gasteiger charge is 2.39. The first kappa shape index (κ1) is 21.9. The molecule has 6 heteroatoms. The van der Waals surface area contributed by atoms with E-state index in [1.807, 2.05) is 45.2 Å². The molecule has 0 aliphatic carbocycles. The zero-order valence-electron chi connectivity index (χ0n) is 15.9. The van der Waals surface area contributed by atoms with E-state index in [4.69, 9.17) is 13.3 Å². The van der Waals surface area contributed by atoms with Gasteiger partial charge in [0.05, 0.1) is 0 Å². The van der Waals surface area contributed by atoms with Crippen molar-refractivity contribution in [1.82, 2.24) is 10.6 Å². The van der Waals surface area contributed by atoms with Gasteiger partial charge in [0.15, 0.2) is 0 Å². The summed E-state index contributed by atoms with van der Waals surface area (Å²) in [6, 6.07) is 11.1. The molecule has 0 aromatic heterocycles. The minimum Gasteiger partial charge on any atom is -0.390 e. The van der Waals surface area contributed by atoms with Crippen LogP contribution in [0.5, 0.6) is 0 Å². The topological polar surface area (TPSA) is 51.8 Å². The Hall–Kier alpha value is -1.18. The molecule has 0 spiro atoms. The molecule has 0 amide bonds. The highest BCUT2D eigenvalue weighted by Crippen LogP contribution is 2.17. The maximum Gasteiger partial charge on any atom is 0.500 e. The van der Waals surface area contributed by atoms with Crippen LogP contribution in [0.1, 0.15) is 32.8 Å². The molecule has 0 radical (unpaired) electrons. The van der Waals surface area contributed by atoms with Crippen LogP contribution in [0.15, 0.2) is 36.5 Å². The van der Waals surface area contributed by atoms with Crippen molar-refractivity contribution < 1.29 is 13.3 Å². The largest absolute Gasteiger partial charge is 0.500 e. The van der Waals surface area contributed by atoms with Gasteiger partial charge in [-0.2, -0.15) is 0 Å². The first-order chi connectivity index (χ1) is 12.3. The van der Waals surface area contributed by atoms with Gasteiger partial charge in [0.2, 0.25) is 0 Å². The van der Waals surface area contributed by atoms with Crippen LogP contribution in [0, 0.1) is 0 Å².